The summed E-state index contributed by atoms with van der Waals surface area (Å²) in [5.74, 6) is 0.198. The molecule has 0 atom stereocenters. The Bertz CT molecular complexity index is 668. The maximum atomic E-state index is 12.5. The van der Waals surface area contributed by atoms with E-state index in [0.717, 1.165) is 31.5 Å². The van der Waals surface area contributed by atoms with E-state index in [1.54, 1.807) is 0 Å². The van der Waals surface area contributed by atoms with Crippen molar-refractivity contribution in [2.24, 2.45) is 0 Å². The van der Waals surface area contributed by atoms with Crippen molar-refractivity contribution in [2.75, 3.05) is 13.1 Å². The maximum absolute atomic E-state index is 12.5. The number of hydrogen-bond donors (Lipinski definition) is 0. The lowest BCUT2D eigenvalue weighted by Gasteiger charge is -2.17. The van der Waals surface area contributed by atoms with Crippen molar-refractivity contribution in [3.63, 3.8) is 0 Å². The fraction of sp³-hybridized carbons (Fsp3) is 0.333. The number of aromatic nitrogens is 1. The smallest absolute Gasteiger partial charge is 0.227 e. The second-order valence-corrected chi connectivity index (χ2v) is 5.49. The summed E-state index contributed by atoms with van der Waals surface area (Å²) in [6, 6.07) is 13.8. The number of nitrogens with zero attached hydrogens (tertiary/aromatic N) is 2. The summed E-state index contributed by atoms with van der Waals surface area (Å²) in [6.07, 6.45) is 4.24. The molecule has 1 aromatic carbocycles. The highest BCUT2D eigenvalue weighted by molar-refractivity contribution is 5.99. The zero-order valence-electron chi connectivity index (χ0n) is 12.5. The van der Waals surface area contributed by atoms with Crippen molar-refractivity contribution in [1.29, 1.82) is 0 Å². The third-order valence-electron chi connectivity index (χ3n) is 4.03. The van der Waals surface area contributed by atoms with E-state index in [1.165, 1.54) is 11.4 Å². The van der Waals surface area contributed by atoms with E-state index in [-0.39, 0.29) is 5.78 Å². The Morgan fingerprint density at radius 2 is 2.00 bits per heavy atom. The average molecular weight is 281 g/mol. The van der Waals surface area contributed by atoms with Crippen LogP contribution in [-0.4, -0.2) is 33.7 Å². The number of fused-ring (bicyclic) bond motifs is 1. The number of Topliss-reactive ketones (excluding diaryl/α,β-unsaturated/α-hetero) is 1. The van der Waals surface area contributed by atoms with Gasteiger partial charge in [0, 0.05) is 18.2 Å². The lowest BCUT2D eigenvalue weighted by Crippen LogP contribution is -2.36. The fourth-order valence-electron chi connectivity index (χ4n) is 2.98. The van der Waals surface area contributed by atoms with Crippen LogP contribution in [0.2, 0.25) is 0 Å². The highest BCUT2D eigenvalue weighted by atomic mass is 16.1. The molecule has 1 aliphatic rings. The molecular formula is C18H21N2O+. The van der Waals surface area contributed by atoms with Crippen molar-refractivity contribution in [2.45, 2.75) is 26.3 Å². The number of ketones is 1. The average Bonchev–Trinajstić information content (AvgIpc) is 2.99. The molecule has 0 unspecified atom stereocenters. The molecule has 2 heterocycles. The number of hydrogen-bond acceptors (Lipinski definition) is 1. The highest BCUT2D eigenvalue weighted by Gasteiger charge is 2.26. The molecule has 21 heavy (non-hydrogen) atoms. The van der Waals surface area contributed by atoms with Crippen molar-refractivity contribution < 1.29 is 9.37 Å². The predicted octanol–water partition coefficient (Wildman–Crippen LogP) is 2.99. The molecular weight excluding hydrogens is 260 g/mol. The van der Waals surface area contributed by atoms with Gasteiger partial charge in [0.2, 0.25) is 12.3 Å². The molecule has 1 aliphatic heterocycles. The molecule has 3 nitrogen and oxygen atoms in total. The van der Waals surface area contributed by atoms with Crippen LogP contribution in [0.3, 0.4) is 0 Å². The lowest BCUT2D eigenvalue weighted by molar-refractivity contribution is -0.519. The van der Waals surface area contributed by atoms with Crippen LogP contribution in [0.15, 0.2) is 48.7 Å². The van der Waals surface area contributed by atoms with Crippen LogP contribution in [-0.2, 0) is 6.54 Å². The minimum absolute atomic E-state index is 0.198. The van der Waals surface area contributed by atoms with Crippen molar-refractivity contribution in [3.05, 3.63) is 59.9 Å². The van der Waals surface area contributed by atoms with Gasteiger partial charge in [-0.3, -0.25) is 4.79 Å². The van der Waals surface area contributed by atoms with Gasteiger partial charge in [0.25, 0.3) is 0 Å². The monoisotopic (exact) mass is 281 g/mol. The van der Waals surface area contributed by atoms with Gasteiger partial charge >= 0.3 is 0 Å². The maximum Gasteiger partial charge on any atom is 0.227 e. The Labute approximate surface area is 125 Å². The van der Waals surface area contributed by atoms with E-state index >= 15 is 0 Å². The molecule has 0 N–H and O–H groups in total. The first-order valence-corrected chi connectivity index (χ1v) is 7.64. The van der Waals surface area contributed by atoms with Gasteiger partial charge in [0.15, 0.2) is 12.3 Å². The van der Waals surface area contributed by atoms with Crippen molar-refractivity contribution >= 4 is 11.5 Å². The van der Waals surface area contributed by atoms with Gasteiger partial charge in [-0.15, -0.1) is 0 Å². The zero-order chi connectivity index (χ0) is 14.7. The van der Waals surface area contributed by atoms with E-state index in [0.29, 0.717) is 6.54 Å². The minimum atomic E-state index is 0.198. The quantitative estimate of drug-likeness (QED) is 0.611. The van der Waals surface area contributed by atoms with Gasteiger partial charge in [-0.05, 0) is 18.6 Å². The number of rotatable bonds is 5. The second kappa shape index (κ2) is 6.08. The molecule has 0 spiro atoms. The van der Waals surface area contributed by atoms with E-state index in [1.807, 2.05) is 30.3 Å². The zero-order valence-corrected chi connectivity index (χ0v) is 12.5. The minimum Gasteiger partial charge on any atom is -0.337 e. The number of carbonyl (C=O) groups excluding carboxylic acids is 1. The molecule has 2 aromatic rings. The summed E-state index contributed by atoms with van der Waals surface area (Å²) in [4.78, 5) is 12.5. The Kier molecular flexibility index (Phi) is 4.00. The van der Waals surface area contributed by atoms with Gasteiger partial charge in [0.05, 0.1) is 6.54 Å². The molecule has 1 aromatic heterocycles. The molecule has 0 radical (unpaired) electrons. The van der Waals surface area contributed by atoms with E-state index in [4.69, 9.17) is 0 Å². The van der Waals surface area contributed by atoms with Crippen LogP contribution in [0.25, 0.3) is 0 Å². The number of benzene rings is 1. The van der Waals surface area contributed by atoms with Crippen LogP contribution in [0.5, 0.6) is 0 Å². The number of carbonyl (C=O) groups is 1. The Morgan fingerprint density at radius 1 is 1.19 bits per heavy atom. The van der Waals surface area contributed by atoms with Gasteiger partial charge in [0.1, 0.15) is 5.69 Å². The SMILES string of the molecule is CCCC1=[N+](CC(=O)c2ccccc2)CCn2cccc21. The first-order valence-electron chi connectivity index (χ1n) is 7.64. The molecule has 3 heteroatoms. The van der Waals surface area contributed by atoms with Crippen LogP contribution in [0, 0.1) is 0 Å². The standard InChI is InChI=1S/C18H21N2O/c1-2-7-16-17-10-6-11-19(17)12-13-20(16)14-18(21)15-8-4-3-5-9-15/h3-6,8-11H,2,7,12-14H2,1H3/q+1. The molecule has 0 saturated heterocycles. The largest absolute Gasteiger partial charge is 0.337 e. The first-order chi connectivity index (χ1) is 10.3. The lowest BCUT2D eigenvalue weighted by atomic mass is 10.1. The Morgan fingerprint density at radius 3 is 2.76 bits per heavy atom. The van der Waals surface area contributed by atoms with Crippen LogP contribution < -0.4 is 0 Å². The Hall–Kier alpha value is -2.16. The van der Waals surface area contributed by atoms with E-state index in [9.17, 15) is 4.79 Å². The predicted molar refractivity (Wildman–Crippen MR) is 84.2 cm³/mol. The van der Waals surface area contributed by atoms with Gasteiger partial charge in [-0.1, -0.05) is 37.3 Å². The van der Waals surface area contributed by atoms with Crippen molar-refractivity contribution in [1.82, 2.24) is 4.57 Å². The summed E-state index contributed by atoms with van der Waals surface area (Å²) in [5, 5.41) is 0. The third-order valence-corrected chi connectivity index (χ3v) is 4.03. The molecule has 0 aliphatic carbocycles. The fourth-order valence-corrected chi connectivity index (χ4v) is 2.98. The molecule has 0 bridgehead atoms. The summed E-state index contributed by atoms with van der Waals surface area (Å²) in [6.45, 7) is 4.53. The Balaban J connectivity index is 1.89. The summed E-state index contributed by atoms with van der Waals surface area (Å²) in [5.41, 5.74) is 3.37. The van der Waals surface area contributed by atoms with E-state index < -0.39 is 0 Å². The molecule has 0 amide bonds. The van der Waals surface area contributed by atoms with Crippen LogP contribution in [0.4, 0.5) is 0 Å². The van der Waals surface area contributed by atoms with Gasteiger partial charge in [-0.2, -0.15) is 0 Å². The topological polar surface area (TPSA) is 25.0 Å². The van der Waals surface area contributed by atoms with Gasteiger partial charge in [-0.25, -0.2) is 4.58 Å². The highest BCUT2D eigenvalue weighted by Crippen LogP contribution is 2.14. The van der Waals surface area contributed by atoms with E-state index in [2.05, 4.69) is 34.4 Å². The summed E-state index contributed by atoms with van der Waals surface area (Å²) in [7, 11) is 0. The third kappa shape index (κ3) is 2.82. The second-order valence-electron chi connectivity index (χ2n) is 5.49. The molecule has 0 saturated carbocycles. The first kappa shape index (κ1) is 13.8. The van der Waals surface area contributed by atoms with Crippen LogP contribution in [0.1, 0.15) is 35.8 Å². The molecule has 108 valence electrons. The van der Waals surface area contributed by atoms with Crippen molar-refractivity contribution in [3.8, 4) is 0 Å². The summed E-state index contributed by atoms with van der Waals surface area (Å²) >= 11 is 0. The van der Waals surface area contributed by atoms with Gasteiger partial charge < -0.3 is 4.57 Å². The van der Waals surface area contributed by atoms with Crippen LogP contribution >= 0.6 is 0 Å². The molecule has 0 fully saturated rings. The normalized spacial score (nSPS) is 14.1. The summed E-state index contributed by atoms with van der Waals surface area (Å²) < 4.78 is 4.54. The molecule has 3 rings (SSSR count).